The summed E-state index contributed by atoms with van der Waals surface area (Å²) < 4.78 is 7.21. The molecular formula is C23H27N7O2. The molecule has 9 nitrogen and oxygen atoms in total. The molecule has 0 radical (unpaired) electrons. The topological polar surface area (TPSA) is 88.4 Å². The molecular weight excluding hydrogens is 406 g/mol. The highest BCUT2D eigenvalue weighted by molar-refractivity contribution is 6.00. The second kappa shape index (κ2) is 8.96. The molecule has 0 bridgehead atoms. The van der Waals surface area contributed by atoms with Crippen molar-refractivity contribution in [1.29, 1.82) is 0 Å². The standard InChI is InChI=1S/C23H27N7O2/c1-28-15-17(14-25-28)20-6-8-24-23(27-20)30-9-7-18(16-30)26-22(31)19-4-2-3-5-21(19)29-10-12-32-13-11-29/h2-6,8,14-15,18H,7,9-13,16H2,1H3,(H,26,31). The minimum atomic E-state index is -0.0380. The SMILES string of the molecule is Cn1cc(-c2ccnc(N3CCC(NC(=O)c4ccccc4N4CCOCC4)C3)n2)cn1. The number of amides is 1. The third-order valence-electron chi connectivity index (χ3n) is 5.95. The van der Waals surface area contributed by atoms with Gasteiger partial charge in [0.15, 0.2) is 0 Å². The quantitative estimate of drug-likeness (QED) is 0.655. The molecule has 1 unspecified atom stereocenters. The minimum Gasteiger partial charge on any atom is -0.378 e. The van der Waals surface area contributed by atoms with Crippen molar-refractivity contribution in [1.82, 2.24) is 25.1 Å². The Kier molecular flexibility index (Phi) is 5.72. The van der Waals surface area contributed by atoms with E-state index >= 15 is 0 Å². The van der Waals surface area contributed by atoms with Gasteiger partial charge in [-0.05, 0) is 24.6 Å². The summed E-state index contributed by atoms with van der Waals surface area (Å²) in [6.45, 7) is 4.45. The summed E-state index contributed by atoms with van der Waals surface area (Å²) in [5.74, 6) is 0.640. The Hall–Kier alpha value is -3.46. The van der Waals surface area contributed by atoms with E-state index in [9.17, 15) is 4.79 Å². The predicted octanol–water partition coefficient (Wildman–Crippen LogP) is 1.72. The first-order valence-electron chi connectivity index (χ1n) is 11.0. The van der Waals surface area contributed by atoms with Gasteiger partial charge in [-0.25, -0.2) is 9.97 Å². The lowest BCUT2D eigenvalue weighted by atomic mass is 10.1. The van der Waals surface area contributed by atoms with Gasteiger partial charge in [-0.15, -0.1) is 0 Å². The number of hydrogen-bond donors (Lipinski definition) is 1. The van der Waals surface area contributed by atoms with Crippen molar-refractivity contribution < 1.29 is 9.53 Å². The molecule has 9 heteroatoms. The number of anilines is 2. The largest absolute Gasteiger partial charge is 0.378 e. The summed E-state index contributed by atoms with van der Waals surface area (Å²) in [6, 6.07) is 9.74. The Morgan fingerprint density at radius 1 is 1.12 bits per heavy atom. The van der Waals surface area contributed by atoms with Gasteiger partial charge in [0.05, 0.1) is 30.7 Å². The number of aromatic nitrogens is 4. The van der Waals surface area contributed by atoms with Crippen LogP contribution in [0, 0.1) is 0 Å². The average molecular weight is 434 g/mol. The number of rotatable bonds is 5. The first-order chi connectivity index (χ1) is 15.7. The molecule has 1 N–H and O–H groups in total. The van der Waals surface area contributed by atoms with Gasteiger partial charge in [0.25, 0.3) is 5.91 Å². The Labute approximate surface area is 187 Å². The average Bonchev–Trinajstić information content (AvgIpc) is 3.49. The number of hydrogen-bond acceptors (Lipinski definition) is 7. The third kappa shape index (κ3) is 4.29. The Morgan fingerprint density at radius 3 is 2.78 bits per heavy atom. The van der Waals surface area contributed by atoms with Crippen LogP contribution in [0.25, 0.3) is 11.3 Å². The fourth-order valence-corrected chi connectivity index (χ4v) is 4.28. The fraction of sp³-hybridized carbons (Fsp3) is 0.391. The van der Waals surface area contributed by atoms with Gasteiger partial charge < -0.3 is 19.9 Å². The first kappa shape index (κ1) is 20.4. The van der Waals surface area contributed by atoms with Crippen LogP contribution in [0.1, 0.15) is 16.8 Å². The molecule has 2 aliphatic rings. The maximum atomic E-state index is 13.1. The van der Waals surface area contributed by atoms with E-state index < -0.39 is 0 Å². The highest BCUT2D eigenvalue weighted by atomic mass is 16.5. The van der Waals surface area contributed by atoms with E-state index in [0.717, 1.165) is 43.0 Å². The van der Waals surface area contributed by atoms with Crippen LogP contribution in [0.5, 0.6) is 0 Å². The van der Waals surface area contributed by atoms with Gasteiger partial charge in [-0.2, -0.15) is 5.10 Å². The van der Waals surface area contributed by atoms with Crippen LogP contribution in [0.2, 0.25) is 0 Å². The predicted molar refractivity (Wildman–Crippen MR) is 122 cm³/mol. The number of morpholine rings is 1. The fourth-order valence-electron chi connectivity index (χ4n) is 4.28. The lowest BCUT2D eigenvalue weighted by Crippen LogP contribution is -2.40. The zero-order valence-electron chi connectivity index (χ0n) is 18.1. The number of nitrogens with one attached hydrogen (secondary N) is 1. The molecule has 0 spiro atoms. The molecule has 1 aromatic carbocycles. The van der Waals surface area contributed by atoms with E-state index in [0.29, 0.717) is 31.3 Å². The molecule has 0 saturated carbocycles. The van der Waals surface area contributed by atoms with Gasteiger partial charge in [0.1, 0.15) is 0 Å². The molecule has 5 rings (SSSR count). The van der Waals surface area contributed by atoms with Crippen LogP contribution in [0.3, 0.4) is 0 Å². The van der Waals surface area contributed by atoms with E-state index in [4.69, 9.17) is 9.72 Å². The van der Waals surface area contributed by atoms with E-state index in [2.05, 4.69) is 25.2 Å². The second-order valence-electron chi connectivity index (χ2n) is 8.17. The van der Waals surface area contributed by atoms with Gasteiger partial charge in [-0.3, -0.25) is 9.48 Å². The monoisotopic (exact) mass is 433 g/mol. The van der Waals surface area contributed by atoms with E-state index in [1.165, 1.54) is 0 Å². The zero-order chi connectivity index (χ0) is 21.9. The third-order valence-corrected chi connectivity index (χ3v) is 5.95. The van der Waals surface area contributed by atoms with Crippen molar-refractivity contribution in [3.8, 4) is 11.3 Å². The van der Waals surface area contributed by atoms with Crippen molar-refractivity contribution in [3.05, 3.63) is 54.5 Å². The van der Waals surface area contributed by atoms with E-state index in [-0.39, 0.29) is 11.9 Å². The highest BCUT2D eigenvalue weighted by Crippen LogP contribution is 2.24. The molecule has 1 atom stereocenters. The molecule has 2 saturated heterocycles. The lowest BCUT2D eigenvalue weighted by Gasteiger charge is -2.30. The normalized spacial score (nSPS) is 18.7. The van der Waals surface area contributed by atoms with Crippen molar-refractivity contribution in [2.45, 2.75) is 12.5 Å². The molecule has 3 aromatic rings. The molecule has 32 heavy (non-hydrogen) atoms. The van der Waals surface area contributed by atoms with Crippen LogP contribution in [-0.2, 0) is 11.8 Å². The summed E-state index contributed by atoms with van der Waals surface area (Å²) in [5, 5.41) is 7.44. The number of benzene rings is 1. The molecule has 2 aliphatic heterocycles. The maximum absolute atomic E-state index is 13.1. The highest BCUT2D eigenvalue weighted by Gasteiger charge is 2.27. The van der Waals surface area contributed by atoms with Gasteiger partial charge in [-0.1, -0.05) is 12.1 Å². The summed E-state index contributed by atoms with van der Waals surface area (Å²) >= 11 is 0. The van der Waals surface area contributed by atoms with Crippen LogP contribution in [0.15, 0.2) is 48.9 Å². The summed E-state index contributed by atoms with van der Waals surface area (Å²) in [5.41, 5.74) is 3.48. The molecule has 166 valence electrons. The second-order valence-corrected chi connectivity index (χ2v) is 8.17. The van der Waals surface area contributed by atoms with Gasteiger partial charge in [0.2, 0.25) is 5.95 Å². The molecule has 1 amide bonds. The van der Waals surface area contributed by atoms with Crippen LogP contribution < -0.4 is 15.1 Å². The van der Waals surface area contributed by atoms with Crippen molar-refractivity contribution >= 4 is 17.5 Å². The Bertz CT molecular complexity index is 1090. The molecule has 4 heterocycles. The summed E-state index contributed by atoms with van der Waals surface area (Å²) in [6.07, 6.45) is 6.36. The van der Waals surface area contributed by atoms with Crippen LogP contribution in [-0.4, -0.2) is 71.1 Å². The van der Waals surface area contributed by atoms with Crippen LogP contribution >= 0.6 is 0 Å². The maximum Gasteiger partial charge on any atom is 0.253 e. The zero-order valence-corrected chi connectivity index (χ0v) is 18.1. The van der Waals surface area contributed by atoms with Gasteiger partial charge >= 0.3 is 0 Å². The number of aryl methyl sites for hydroxylation is 1. The van der Waals surface area contributed by atoms with Crippen molar-refractivity contribution in [2.24, 2.45) is 7.05 Å². The first-order valence-corrected chi connectivity index (χ1v) is 11.0. The Balaban J connectivity index is 1.26. The lowest BCUT2D eigenvalue weighted by molar-refractivity contribution is 0.0939. The molecule has 2 fully saturated rings. The van der Waals surface area contributed by atoms with Crippen molar-refractivity contribution in [2.75, 3.05) is 49.2 Å². The van der Waals surface area contributed by atoms with Gasteiger partial charge in [0, 0.05) is 62.9 Å². The number of nitrogens with zero attached hydrogens (tertiary/aromatic N) is 6. The smallest absolute Gasteiger partial charge is 0.253 e. The number of ether oxygens (including phenoxy) is 1. The van der Waals surface area contributed by atoms with E-state index in [1.54, 1.807) is 17.1 Å². The molecule has 0 aliphatic carbocycles. The Morgan fingerprint density at radius 2 is 1.97 bits per heavy atom. The molecule has 2 aromatic heterocycles. The summed E-state index contributed by atoms with van der Waals surface area (Å²) in [7, 11) is 1.89. The number of para-hydroxylation sites is 1. The number of carbonyl (C=O) groups is 1. The number of carbonyl (C=O) groups excluding carboxylic acids is 1. The van der Waals surface area contributed by atoms with E-state index in [1.807, 2.05) is 43.6 Å². The summed E-state index contributed by atoms with van der Waals surface area (Å²) in [4.78, 5) is 26.6. The minimum absolute atomic E-state index is 0.0380. The van der Waals surface area contributed by atoms with Crippen LogP contribution in [0.4, 0.5) is 11.6 Å². The van der Waals surface area contributed by atoms with Crippen molar-refractivity contribution in [3.63, 3.8) is 0 Å².